The third kappa shape index (κ3) is 4.97. The highest BCUT2D eigenvalue weighted by Gasteiger charge is 2.48. The second-order valence-electron chi connectivity index (χ2n) is 6.31. The van der Waals surface area contributed by atoms with Crippen molar-refractivity contribution in [1.82, 2.24) is 15.1 Å². The first-order valence-corrected chi connectivity index (χ1v) is 7.95. The molecule has 6 heteroatoms. The molecule has 1 aromatic rings. The van der Waals surface area contributed by atoms with Gasteiger partial charge in [0.1, 0.15) is 0 Å². The number of aryl methyl sites for hydroxylation is 1. The zero-order valence-corrected chi connectivity index (χ0v) is 13.8. The molecule has 2 aliphatic rings. The minimum atomic E-state index is -2.82. The molecule has 0 bridgehead atoms. The molecule has 0 aromatic heterocycles. The molecule has 23 heavy (non-hydrogen) atoms. The number of piperazine rings is 1. The van der Waals surface area contributed by atoms with Crippen LogP contribution in [0.25, 0.3) is 0 Å². The lowest BCUT2D eigenvalue weighted by atomic mass is 9.95. The largest absolute Gasteiger partial charge is 0.338 e. The molecule has 1 amide bonds. The Bertz CT molecular complexity index is 501. The first-order valence-electron chi connectivity index (χ1n) is 7.95. The molecule has 2 fully saturated rings. The fourth-order valence-corrected chi connectivity index (χ4v) is 2.82. The Labute approximate surface area is 136 Å². The molecule has 1 unspecified atom stereocenters. The Hall–Kier alpha value is -1.53. The summed E-state index contributed by atoms with van der Waals surface area (Å²) in [5, 5.41) is 3.27. The third-order valence-corrected chi connectivity index (χ3v) is 4.31. The van der Waals surface area contributed by atoms with Crippen molar-refractivity contribution < 1.29 is 13.6 Å². The molecule has 2 heterocycles. The predicted octanol–water partition coefficient (Wildman–Crippen LogP) is 1.71. The molecule has 128 valence electrons. The maximum absolute atomic E-state index is 13.6. The Morgan fingerprint density at radius 2 is 1.83 bits per heavy atom. The van der Waals surface area contributed by atoms with Crippen molar-refractivity contribution in [3.8, 4) is 0 Å². The molecule has 1 atom stereocenters. The fraction of sp³-hybridized carbons (Fsp3) is 0.588. The van der Waals surface area contributed by atoms with E-state index in [1.54, 1.807) is 12.1 Å². The van der Waals surface area contributed by atoms with E-state index in [0.29, 0.717) is 12.0 Å². The highest BCUT2D eigenvalue weighted by Crippen LogP contribution is 2.39. The van der Waals surface area contributed by atoms with Crippen molar-refractivity contribution in [2.75, 3.05) is 46.3 Å². The van der Waals surface area contributed by atoms with Gasteiger partial charge in [0.25, 0.3) is 5.92 Å². The van der Waals surface area contributed by atoms with Crippen molar-refractivity contribution in [3.63, 3.8) is 0 Å². The van der Waals surface area contributed by atoms with Gasteiger partial charge in [-0.15, -0.1) is 0 Å². The summed E-state index contributed by atoms with van der Waals surface area (Å²) >= 11 is 0. The summed E-state index contributed by atoms with van der Waals surface area (Å²) in [5.74, 6) is -3.70. The summed E-state index contributed by atoms with van der Waals surface area (Å²) in [7, 11) is 2.15. The number of nitrogens with zero attached hydrogens (tertiary/aromatic N) is 2. The quantitative estimate of drug-likeness (QED) is 0.841. The van der Waals surface area contributed by atoms with Crippen LogP contribution in [0.1, 0.15) is 17.0 Å². The van der Waals surface area contributed by atoms with Gasteiger partial charge >= 0.3 is 0 Å². The van der Waals surface area contributed by atoms with Gasteiger partial charge in [0.05, 0.1) is 12.5 Å². The van der Waals surface area contributed by atoms with Gasteiger partial charge in [0, 0.05) is 32.7 Å². The number of hydrogen-bond acceptors (Lipinski definition) is 3. The van der Waals surface area contributed by atoms with Gasteiger partial charge in [-0.2, -0.15) is 0 Å². The number of amides is 1. The topological polar surface area (TPSA) is 35.6 Å². The van der Waals surface area contributed by atoms with Crippen molar-refractivity contribution in [2.24, 2.45) is 0 Å². The first kappa shape index (κ1) is 17.8. The Kier molecular flexibility index (Phi) is 6.07. The van der Waals surface area contributed by atoms with Crippen LogP contribution in [-0.4, -0.2) is 68.4 Å². The van der Waals surface area contributed by atoms with E-state index in [0.717, 1.165) is 23.6 Å². The lowest BCUT2D eigenvalue weighted by Crippen LogP contribution is -2.40. The van der Waals surface area contributed by atoms with Crippen LogP contribution in [0.3, 0.4) is 0 Å². The van der Waals surface area contributed by atoms with Gasteiger partial charge in [0.2, 0.25) is 6.41 Å². The molecule has 0 aliphatic carbocycles. The molecule has 0 radical (unpaired) electrons. The molecule has 0 saturated carbocycles. The number of carbonyl (C=O) groups is 1. The monoisotopic (exact) mass is 325 g/mol. The second kappa shape index (κ2) is 7.84. The van der Waals surface area contributed by atoms with Crippen LogP contribution >= 0.6 is 0 Å². The molecular formula is C17H25F2N3O. The molecule has 1 N–H and O–H groups in total. The molecule has 2 aliphatic heterocycles. The van der Waals surface area contributed by atoms with Gasteiger partial charge in [-0.1, -0.05) is 29.8 Å². The zero-order chi connectivity index (χ0) is 16.9. The summed E-state index contributed by atoms with van der Waals surface area (Å²) < 4.78 is 27.3. The Morgan fingerprint density at radius 1 is 1.22 bits per heavy atom. The van der Waals surface area contributed by atoms with Gasteiger partial charge in [-0.05, 0) is 19.5 Å². The Morgan fingerprint density at radius 3 is 2.26 bits per heavy atom. The molecule has 2 saturated heterocycles. The molecule has 4 nitrogen and oxygen atoms in total. The number of halogens is 2. The van der Waals surface area contributed by atoms with E-state index in [9.17, 15) is 13.6 Å². The minimum Gasteiger partial charge on any atom is -0.338 e. The summed E-state index contributed by atoms with van der Waals surface area (Å²) in [5.41, 5.74) is 1.64. The average molecular weight is 325 g/mol. The average Bonchev–Trinajstić information content (AvgIpc) is 2.84. The maximum atomic E-state index is 13.6. The Balaban J connectivity index is 0.000000229. The first-order chi connectivity index (χ1) is 10.9. The van der Waals surface area contributed by atoms with E-state index < -0.39 is 18.4 Å². The van der Waals surface area contributed by atoms with E-state index in [-0.39, 0.29) is 6.54 Å². The standard InChI is InChI=1S/C12H13F2NO.C5H12N2/c1-9-2-4-10(5-3-9)11-6-15(8-16)7-12(11,13)14;1-7-4-2-6-3-5-7/h2-5,8,11H,6-7H2,1H3;6H,2-5H2,1H3. The molecule has 1 aromatic carbocycles. The van der Waals surface area contributed by atoms with Crippen molar-refractivity contribution >= 4 is 6.41 Å². The van der Waals surface area contributed by atoms with Crippen LogP contribution in [-0.2, 0) is 4.79 Å². The van der Waals surface area contributed by atoms with Crippen molar-refractivity contribution in [3.05, 3.63) is 35.4 Å². The number of rotatable bonds is 2. The predicted molar refractivity (Wildman–Crippen MR) is 86.9 cm³/mol. The van der Waals surface area contributed by atoms with Gasteiger partial charge < -0.3 is 15.1 Å². The van der Waals surface area contributed by atoms with Crippen molar-refractivity contribution in [1.29, 1.82) is 0 Å². The smallest absolute Gasteiger partial charge is 0.273 e. The van der Waals surface area contributed by atoms with Crippen LogP contribution in [0.15, 0.2) is 24.3 Å². The number of benzene rings is 1. The van der Waals surface area contributed by atoms with E-state index in [2.05, 4.69) is 17.3 Å². The maximum Gasteiger partial charge on any atom is 0.273 e. The number of nitrogens with one attached hydrogen (secondary N) is 1. The van der Waals surface area contributed by atoms with Crippen LogP contribution < -0.4 is 5.32 Å². The van der Waals surface area contributed by atoms with Crippen LogP contribution in [0, 0.1) is 6.92 Å². The van der Waals surface area contributed by atoms with Gasteiger partial charge in [-0.25, -0.2) is 8.78 Å². The van der Waals surface area contributed by atoms with Crippen LogP contribution in [0.2, 0.25) is 0 Å². The lowest BCUT2D eigenvalue weighted by Gasteiger charge is -2.21. The fourth-order valence-electron chi connectivity index (χ4n) is 2.82. The number of carbonyl (C=O) groups excluding carboxylic acids is 1. The minimum absolute atomic E-state index is 0.0968. The third-order valence-electron chi connectivity index (χ3n) is 4.31. The molecule has 3 rings (SSSR count). The second-order valence-corrected chi connectivity index (χ2v) is 6.31. The zero-order valence-electron chi connectivity index (χ0n) is 13.8. The molecular weight excluding hydrogens is 300 g/mol. The number of alkyl halides is 2. The summed E-state index contributed by atoms with van der Waals surface area (Å²) in [6, 6.07) is 7.05. The molecule has 0 spiro atoms. The van der Waals surface area contributed by atoms with Crippen LogP contribution in [0.4, 0.5) is 8.78 Å². The normalized spacial score (nSPS) is 24.0. The van der Waals surface area contributed by atoms with Crippen molar-refractivity contribution in [2.45, 2.75) is 18.8 Å². The summed E-state index contributed by atoms with van der Waals surface area (Å²) in [6.07, 6.45) is 0.488. The van der Waals surface area contributed by atoms with E-state index >= 15 is 0 Å². The summed E-state index contributed by atoms with van der Waals surface area (Å²) in [4.78, 5) is 14.0. The van der Waals surface area contributed by atoms with Crippen LogP contribution in [0.5, 0.6) is 0 Å². The summed E-state index contributed by atoms with van der Waals surface area (Å²) in [6.45, 7) is 6.27. The number of likely N-dealkylation sites (N-methyl/N-ethyl adjacent to an activating group) is 1. The number of hydrogen-bond donors (Lipinski definition) is 1. The van der Waals surface area contributed by atoms with E-state index in [1.165, 1.54) is 13.1 Å². The van der Waals surface area contributed by atoms with E-state index in [1.807, 2.05) is 19.1 Å². The lowest BCUT2D eigenvalue weighted by molar-refractivity contribution is -0.118. The highest BCUT2D eigenvalue weighted by molar-refractivity contribution is 5.49. The van der Waals surface area contributed by atoms with Gasteiger partial charge in [-0.3, -0.25) is 4.79 Å². The van der Waals surface area contributed by atoms with E-state index in [4.69, 9.17) is 0 Å². The van der Waals surface area contributed by atoms with Gasteiger partial charge in [0.15, 0.2) is 0 Å². The number of likely N-dealkylation sites (tertiary alicyclic amines) is 1. The highest BCUT2D eigenvalue weighted by atomic mass is 19.3. The SMILES string of the molecule is CN1CCNCC1.Cc1ccc(C2CN(C=O)CC2(F)F)cc1.